The van der Waals surface area contributed by atoms with Crippen molar-refractivity contribution >= 4 is 5.91 Å². The molecule has 2 fully saturated rings. The van der Waals surface area contributed by atoms with Crippen LogP contribution in [0, 0.1) is 0 Å². The number of nitrogens with one attached hydrogen (secondary N) is 1. The summed E-state index contributed by atoms with van der Waals surface area (Å²) >= 11 is 0. The summed E-state index contributed by atoms with van der Waals surface area (Å²) in [5.74, 6) is -0.256. The molecule has 14 heteroatoms. The Kier molecular flexibility index (Phi) is 51.8. The van der Waals surface area contributed by atoms with Crippen LogP contribution in [0.1, 0.15) is 271 Å². The maximum atomic E-state index is 13.3. The Morgan fingerprint density at radius 2 is 0.814 bits per heavy atom. The highest BCUT2D eigenvalue weighted by molar-refractivity contribution is 5.76. The number of rotatable bonds is 56. The van der Waals surface area contributed by atoms with Gasteiger partial charge in [0.15, 0.2) is 12.6 Å². The number of allylic oxidation sites excluding steroid dienone is 13. The number of carbonyl (C=O) groups is 1. The molecule has 2 heterocycles. The average Bonchev–Trinajstić information content (AvgIpc) is 2.54. The molecular weight excluding hydrogens is 1090 g/mol. The average molecular weight is 1210 g/mol. The summed E-state index contributed by atoms with van der Waals surface area (Å²) < 4.78 is 22.8. The highest BCUT2D eigenvalue weighted by Gasteiger charge is 2.51. The Labute approximate surface area is 522 Å². The van der Waals surface area contributed by atoms with Crippen LogP contribution in [0.2, 0.25) is 0 Å². The number of ether oxygens (including phenoxy) is 4. The highest BCUT2D eigenvalue weighted by Crippen LogP contribution is 2.30. The first-order valence-corrected chi connectivity index (χ1v) is 34.8. The Morgan fingerprint density at radius 1 is 0.430 bits per heavy atom. The normalized spacial score (nSPS) is 23.9. The predicted octanol–water partition coefficient (Wildman–Crippen LogP) is 14.0. The zero-order valence-corrected chi connectivity index (χ0v) is 54.0. The Hall–Kier alpha value is -2.83. The van der Waals surface area contributed by atoms with Crippen LogP contribution < -0.4 is 5.32 Å². The molecule has 2 aliphatic rings. The summed E-state index contributed by atoms with van der Waals surface area (Å²) in [4.78, 5) is 13.3. The van der Waals surface area contributed by atoms with Gasteiger partial charge in [0.05, 0.1) is 32.0 Å². The molecule has 0 radical (unpaired) electrons. The van der Waals surface area contributed by atoms with Gasteiger partial charge in [-0.3, -0.25) is 4.79 Å². The van der Waals surface area contributed by atoms with Crippen molar-refractivity contribution in [1.29, 1.82) is 0 Å². The lowest BCUT2D eigenvalue weighted by molar-refractivity contribution is -0.359. The third-order valence-electron chi connectivity index (χ3n) is 16.6. The molecule has 9 N–H and O–H groups in total. The van der Waals surface area contributed by atoms with E-state index in [0.717, 1.165) is 70.6 Å². The van der Waals surface area contributed by atoms with E-state index >= 15 is 0 Å². The predicted molar refractivity (Wildman–Crippen MR) is 350 cm³/mol. The van der Waals surface area contributed by atoms with Crippen LogP contribution in [0.25, 0.3) is 0 Å². The maximum absolute atomic E-state index is 13.3. The standard InChI is InChI=1S/C72H127NO13/c1-3-5-7-9-11-13-15-17-19-21-23-25-27-29-30-32-33-35-37-39-41-43-45-47-49-51-53-55-61(76)60(59-83-71-69(82)67(80)70(63(58-75)85-71)86-72-68(81)66(79)65(78)62(57-74)84-72)73-64(77)56-54-52-50-48-46-44-42-40-38-36-34-31-28-26-24-22-20-18-16-14-12-10-8-6-4-2/h6,8,12,14,18,20,24,26,31,34,45,47,53,55,60-63,65-72,74-76,78-82H,3-5,7,9-11,13,15-17,19,21-23,25,27-30,32-33,35-44,46,48-52,54,56-59H2,1-2H3,(H,73,77)/b8-6-,14-12-,20-18-,26-24-,34-31-,47-45+,55-53+. The maximum Gasteiger partial charge on any atom is 0.220 e. The van der Waals surface area contributed by atoms with E-state index in [2.05, 4.69) is 92.1 Å². The minimum Gasteiger partial charge on any atom is -0.394 e. The van der Waals surface area contributed by atoms with Crippen molar-refractivity contribution in [3.8, 4) is 0 Å². The lowest BCUT2D eigenvalue weighted by Gasteiger charge is -2.46. The molecular formula is C72H127NO13. The van der Waals surface area contributed by atoms with E-state index in [1.54, 1.807) is 6.08 Å². The highest BCUT2D eigenvalue weighted by atomic mass is 16.7. The topological polar surface area (TPSA) is 228 Å². The summed E-state index contributed by atoms with van der Waals surface area (Å²) in [5, 5.41) is 87.4. The van der Waals surface area contributed by atoms with Crippen molar-refractivity contribution in [3.63, 3.8) is 0 Å². The van der Waals surface area contributed by atoms with Crippen molar-refractivity contribution in [1.82, 2.24) is 5.32 Å². The van der Waals surface area contributed by atoms with Crippen LogP contribution in [0.4, 0.5) is 0 Å². The molecule has 498 valence electrons. The number of hydrogen-bond donors (Lipinski definition) is 9. The molecule has 12 unspecified atom stereocenters. The Morgan fingerprint density at radius 3 is 1.28 bits per heavy atom. The van der Waals surface area contributed by atoms with E-state index in [1.165, 1.54) is 167 Å². The number of aliphatic hydroxyl groups excluding tert-OH is 8. The van der Waals surface area contributed by atoms with Crippen molar-refractivity contribution in [2.24, 2.45) is 0 Å². The third kappa shape index (κ3) is 40.0. The fraction of sp³-hybridized carbons (Fsp3) is 0.792. The fourth-order valence-electron chi connectivity index (χ4n) is 11.0. The monoisotopic (exact) mass is 1210 g/mol. The van der Waals surface area contributed by atoms with Gasteiger partial charge < -0.3 is 65.1 Å². The summed E-state index contributed by atoms with van der Waals surface area (Å²) in [5.41, 5.74) is 0. The SMILES string of the molecule is CC/C=C\C/C=C\C/C=C\C/C=C\C/C=C\CCCCCCCCCCCC(=O)NC(COC1OC(CO)C(OC2OC(CO)C(O)C(O)C2O)C(O)C1O)C(O)/C=C/CC/C=C/CCCCCCCCCCCCCCCCCCCCCCC. The number of aliphatic hydroxyl groups is 8. The molecule has 0 saturated carbocycles. The summed E-state index contributed by atoms with van der Waals surface area (Å²) in [7, 11) is 0. The van der Waals surface area contributed by atoms with E-state index in [-0.39, 0.29) is 18.9 Å². The second kappa shape index (κ2) is 56.2. The zero-order valence-electron chi connectivity index (χ0n) is 54.0. The van der Waals surface area contributed by atoms with Gasteiger partial charge in [-0.15, -0.1) is 0 Å². The van der Waals surface area contributed by atoms with Gasteiger partial charge in [-0.25, -0.2) is 0 Å². The minimum atomic E-state index is -1.80. The van der Waals surface area contributed by atoms with E-state index in [9.17, 15) is 45.6 Å². The van der Waals surface area contributed by atoms with Crippen LogP contribution in [-0.2, 0) is 23.7 Å². The first kappa shape index (κ1) is 79.3. The van der Waals surface area contributed by atoms with Crippen LogP contribution in [0.3, 0.4) is 0 Å². The van der Waals surface area contributed by atoms with Crippen molar-refractivity contribution in [2.45, 2.75) is 344 Å². The van der Waals surface area contributed by atoms with Gasteiger partial charge in [-0.05, 0) is 77.0 Å². The van der Waals surface area contributed by atoms with Gasteiger partial charge in [0.25, 0.3) is 0 Å². The Bertz CT molecular complexity index is 1770. The molecule has 0 aliphatic carbocycles. The van der Waals surface area contributed by atoms with Gasteiger partial charge in [-0.2, -0.15) is 0 Å². The Balaban J connectivity index is 1.71. The van der Waals surface area contributed by atoms with E-state index in [4.69, 9.17) is 18.9 Å². The zero-order chi connectivity index (χ0) is 62.3. The summed E-state index contributed by atoms with van der Waals surface area (Å²) in [6.07, 6.45) is 60.6. The summed E-state index contributed by atoms with van der Waals surface area (Å²) in [6.45, 7) is 2.69. The molecule has 0 aromatic carbocycles. The van der Waals surface area contributed by atoms with Crippen molar-refractivity contribution < 1.29 is 64.6 Å². The molecule has 0 aromatic rings. The van der Waals surface area contributed by atoms with E-state index in [1.807, 2.05) is 6.08 Å². The molecule has 2 aliphatic heterocycles. The number of unbranched alkanes of at least 4 members (excludes halogenated alkanes) is 31. The van der Waals surface area contributed by atoms with Gasteiger partial charge in [-0.1, -0.05) is 272 Å². The lowest BCUT2D eigenvalue weighted by atomic mass is 9.97. The first-order valence-electron chi connectivity index (χ1n) is 34.8. The van der Waals surface area contributed by atoms with Crippen molar-refractivity contribution in [3.05, 3.63) is 85.1 Å². The molecule has 12 atom stereocenters. The molecule has 86 heavy (non-hydrogen) atoms. The van der Waals surface area contributed by atoms with E-state index < -0.39 is 86.8 Å². The van der Waals surface area contributed by atoms with Crippen LogP contribution >= 0.6 is 0 Å². The quantitative estimate of drug-likeness (QED) is 0.0204. The van der Waals surface area contributed by atoms with E-state index in [0.29, 0.717) is 12.8 Å². The fourth-order valence-corrected chi connectivity index (χ4v) is 11.0. The second-order valence-corrected chi connectivity index (χ2v) is 24.3. The van der Waals surface area contributed by atoms with Gasteiger partial charge in [0.1, 0.15) is 48.8 Å². The molecule has 2 rings (SSSR count). The molecule has 0 spiro atoms. The molecule has 1 amide bonds. The number of hydrogen-bond acceptors (Lipinski definition) is 13. The molecule has 0 aromatic heterocycles. The number of carbonyl (C=O) groups excluding carboxylic acids is 1. The third-order valence-corrected chi connectivity index (χ3v) is 16.6. The minimum absolute atomic E-state index is 0.256. The lowest BCUT2D eigenvalue weighted by Crippen LogP contribution is -2.65. The van der Waals surface area contributed by atoms with Crippen LogP contribution in [0.5, 0.6) is 0 Å². The second-order valence-electron chi connectivity index (χ2n) is 24.3. The van der Waals surface area contributed by atoms with Gasteiger partial charge in [0, 0.05) is 6.42 Å². The first-order chi connectivity index (χ1) is 42.1. The van der Waals surface area contributed by atoms with Crippen molar-refractivity contribution in [2.75, 3.05) is 19.8 Å². The molecule has 0 bridgehead atoms. The van der Waals surface area contributed by atoms with Crippen LogP contribution in [-0.4, -0.2) is 140 Å². The smallest absolute Gasteiger partial charge is 0.220 e. The number of amides is 1. The largest absolute Gasteiger partial charge is 0.394 e. The molecule has 14 nitrogen and oxygen atoms in total. The van der Waals surface area contributed by atoms with Gasteiger partial charge in [0.2, 0.25) is 5.91 Å². The van der Waals surface area contributed by atoms with Crippen LogP contribution in [0.15, 0.2) is 85.1 Å². The van der Waals surface area contributed by atoms with Gasteiger partial charge >= 0.3 is 0 Å². The summed E-state index contributed by atoms with van der Waals surface area (Å²) in [6, 6.07) is -0.942. The molecule has 2 saturated heterocycles.